The second-order valence-corrected chi connectivity index (χ2v) is 8.54. The van der Waals surface area contributed by atoms with Crippen LogP contribution in [0.2, 0.25) is 0 Å². The first-order valence-corrected chi connectivity index (χ1v) is 11.2. The standard InChI is InChI=1S/C20H28N6O.C2HF3O2/c1-14-10-22-17(11-21-14)12-23-19(27)9-16-13-25-7-8-26(15(2)20(25)24-16)18-5-3-4-6-18;3-2(4,5)1(6)7/h10-11,13,15,18H,3-9,12H2,1-2H3,(H,23,27);(H,6,7). The molecule has 186 valence electrons. The minimum absolute atomic E-state index is 0.0341. The monoisotopic (exact) mass is 482 g/mol. The molecular formula is C22H29F3N6O3. The van der Waals surface area contributed by atoms with Crippen LogP contribution in [0.5, 0.6) is 0 Å². The summed E-state index contributed by atoms with van der Waals surface area (Å²) >= 11 is 0. The molecule has 0 radical (unpaired) electrons. The predicted octanol–water partition coefficient (Wildman–Crippen LogP) is 2.79. The molecule has 1 saturated carbocycles. The van der Waals surface area contributed by atoms with Gasteiger partial charge in [0.1, 0.15) is 5.82 Å². The fraction of sp³-hybridized carbons (Fsp3) is 0.591. The number of carbonyl (C=O) groups is 2. The zero-order valence-corrected chi connectivity index (χ0v) is 19.2. The summed E-state index contributed by atoms with van der Waals surface area (Å²) < 4.78 is 34.0. The molecule has 0 saturated heterocycles. The lowest BCUT2D eigenvalue weighted by atomic mass is 10.1. The highest BCUT2D eigenvalue weighted by Gasteiger charge is 2.38. The van der Waals surface area contributed by atoms with Gasteiger partial charge in [0.25, 0.3) is 0 Å². The molecule has 9 nitrogen and oxygen atoms in total. The number of hydrogen-bond acceptors (Lipinski definition) is 6. The number of aromatic nitrogens is 4. The van der Waals surface area contributed by atoms with E-state index in [4.69, 9.17) is 14.9 Å². The maximum Gasteiger partial charge on any atom is 0.490 e. The molecule has 34 heavy (non-hydrogen) atoms. The Balaban J connectivity index is 0.000000406. The number of nitrogens with one attached hydrogen (secondary N) is 1. The first-order valence-electron chi connectivity index (χ1n) is 11.2. The van der Waals surface area contributed by atoms with Crippen molar-refractivity contribution in [1.29, 1.82) is 0 Å². The predicted molar refractivity (Wildman–Crippen MR) is 116 cm³/mol. The average Bonchev–Trinajstić information content (AvgIpc) is 3.44. The summed E-state index contributed by atoms with van der Waals surface area (Å²) in [6.07, 6.45) is 5.98. The molecule has 2 aromatic rings. The van der Waals surface area contributed by atoms with Gasteiger partial charge in [-0.3, -0.25) is 19.7 Å². The molecule has 0 aromatic carbocycles. The number of halogens is 3. The summed E-state index contributed by atoms with van der Waals surface area (Å²) in [5.74, 6) is -1.69. The van der Waals surface area contributed by atoms with Crippen LogP contribution in [-0.2, 0) is 29.1 Å². The molecule has 4 rings (SSSR count). The molecule has 1 atom stereocenters. The van der Waals surface area contributed by atoms with Gasteiger partial charge in [0, 0.05) is 31.5 Å². The Morgan fingerprint density at radius 1 is 1.15 bits per heavy atom. The van der Waals surface area contributed by atoms with E-state index in [1.165, 1.54) is 25.7 Å². The Hall–Kier alpha value is -3.02. The van der Waals surface area contributed by atoms with Gasteiger partial charge in [-0.25, -0.2) is 9.78 Å². The van der Waals surface area contributed by atoms with Gasteiger partial charge in [-0.15, -0.1) is 0 Å². The van der Waals surface area contributed by atoms with E-state index in [0.29, 0.717) is 25.0 Å². The highest BCUT2D eigenvalue weighted by Crippen LogP contribution is 2.33. The van der Waals surface area contributed by atoms with Crippen LogP contribution in [0, 0.1) is 6.92 Å². The largest absolute Gasteiger partial charge is 0.490 e. The van der Waals surface area contributed by atoms with E-state index in [1.807, 2.05) is 13.1 Å². The maximum absolute atomic E-state index is 12.3. The average molecular weight is 483 g/mol. The minimum atomic E-state index is -5.08. The molecule has 2 N–H and O–H groups in total. The number of aryl methyl sites for hydroxylation is 1. The van der Waals surface area contributed by atoms with Crippen LogP contribution in [0.15, 0.2) is 18.6 Å². The lowest BCUT2D eigenvalue weighted by Crippen LogP contribution is -2.42. The summed E-state index contributed by atoms with van der Waals surface area (Å²) in [7, 11) is 0. The van der Waals surface area contributed by atoms with E-state index in [2.05, 4.69) is 31.7 Å². The normalized spacial score (nSPS) is 18.7. The molecule has 2 aromatic heterocycles. The van der Waals surface area contributed by atoms with Gasteiger partial charge in [-0.05, 0) is 26.7 Å². The number of amides is 1. The molecule has 1 fully saturated rings. The third kappa shape index (κ3) is 6.75. The van der Waals surface area contributed by atoms with Crippen LogP contribution >= 0.6 is 0 Å². The number of carboxylic acids is 1. The van der Waals surface area contributed by atoms with Gasteiger partial charge < -0.3 is 15.0 Å². The highest BCUT2D eigenvalue weighted by molar-refractivity contribution is 5.78. The summed E-state index contributed by atoms with van der Waals surface area (Å²) in [5, 5.41) is 10.0. The topological polar surface area (TPSA) is 113 Å². The first kappa shape index (κ1) is 25.6. The smallest absolute Gasteiger partial charge is 0.475 e. The van der Waals surface area contributed by atoms with Crippen molar-refractivity contribution in [1.82, 2.24) is 29.7 Å². The van der Waals surface area contributed by atoms with E-state index in [9.17, 15) is 18.0 Å². The fourth-order valence-electron chi connectivity index (χ4n) is 4.31. The summed E-state index contributed by atoms with van der Waals surface area (Å²) in [5.41, 5.74) is 2.48. The molecule has 12 heteroatoms. The SMILES string of the molecule is Cc1cnc(CNC(=O)Cc2cn3c(n2)C(C)N(C2CCCC2)CC3)cn1.O=C(O)C(F)(F)F. The van der Waals surface area contributed by atoms with E-state index < -0.39 is 12.1 Å². The second-order valence-electron chi connectivity index (χ2n) is 8.54. The van der Waals surface area contributed by atoms with Gasteiger partial charge in [0.2, 0.25) is 5.91 Å². The number of nitrogens with zero attached hydrogens (tertiary/aromatic N) is 5. The molecule has 0 bridgehead atoms. The second kappa shape index (κ2) is 10.9. The molecule has 0 spiro atoms. The van der Waals surface area contributed by atoms with Crippen LogP contribution in [-0.4, -0.2) is 60.2 Å². The van der Waals surface area contributed by atoms with Crippen molar-refractivity contribution < 1.29 is 27.9 Å². The van der Waals surface area contributed by atoms with Crippen molar-refractivity contribution in [3.63, 3.8) is 0 Å². The molecule has 1 aliphatic carbocycles. The molecule has 2 aliphatic rings. The molecule has 1 aliphatic heterocycles. The van der Waals surface area contributed by atoms with Crippen molar-refractivity contribution in [2.24, 2.45) is 0 Å². The van der Waals surface area contributed by atoms with E-state index in [-0.39, 0.29) is 5.91 Å². The number of hydrogen-bond donors (Lipinski definition) is 2. The lowest BCUT2D eigenvalue weighted by Gasteiger charge is -2.38. The van der Waals surface area contributed by atoms with Gasteiger partial charge >= 0.3 is 12.1 Å². The third-order valence-corrected chi connectivity index (χ3v) is 6.01. The minimum Gasteiger partial charge on any atom is -0.475 e. The van der Waals surface area contributed by atoms with Gasteiger partial charge in [0.05, 0.1) is 42.3 Å². The number of imidazole rings is 1. The molecule has 1 unspecified atom stereocenters. The van der Waals surface area contributed by atoms with Crippen molar-refractivity contribution >= 4 is 11.9 Å². The number of rotatable bonds is 5. The van der Waals surface area contributed by atoms with Crippen LogP contribution in [0.1, 0.15) is 61.6 Å². The van der Waals surface area contributed by atoms with Crippen molar-refractivity contribution in [2.75, 3.05) is 6.54 Å². The zero-order chi connectivity index (χ0) is 24.9. The van der Waals surface area contributed by atoms with Crippen molar-refractivity contribution in [3.05, 3.63) is 41.5 Å². The van der Waals surface area contributed by atoms with Crippen LogP contribution in [0.25, 0.3) is 0 Å². The summed E-state index contributed by atoms with van der Waals surface area (Å²) in [4.78, 5) is 37.1. The number of carbonyl (C=O) groups excluding carboxylic acids is 1. The van der Waals surface area contributed by atoms with E-state index in [0.717, 1.165) is 36.0 Å². The Morgan fingerprint density at radius 3 is 2.41 bits per heavy atom. The van der Waals surface area contributed by atoms with Crippen molar-refractivity contribution in [2.45, 2.75) is 77.3 Å². The zero-order valence-electron chi connectivity index (χ0n) is 19.2. The number of alkyl halides is 3. The third-order valence-electron chi connectivity index (χ3n) is 6.01. The highest BCUT2D eigenvalue weighted by atomic mass is 19.4. The van der Waals surface area contributed by atoms with Gasteiger partial charge in [-0.1, -0.05) is 12.8 Å². The Morgan fingerprint density at radius 2 is 1.82 bits per heavy atom. The maximum atomic E-state index is 12.3. The van der Waals surface area contributed by atoms with Gasteiger partial charge in [0.15, 0.2) is 0 Å². The molecule has 1 amide bonds. The van der Waals surface area contributed by atoms with Gasteiger partial charge in [-0.2, -0.15) is 13.2 Å². The van der Waals surface area contributed by atoms with Crippen LogP contribution in [0.4, 0.5) is 13.2 Å². The van der Waals surface area contributed by atoms with E-state index in [1.54, 1.807) is 12.4 Å². The fourth-order valence-corrected chi connectivity index (χ4v) is 4.31. The van der Waals surface area contributed by atoms with Crippen LogP contribution in [0.3, 0.4) is 0 Å². The van der Waals surface area contributed by atoms with Crippen molar-refractivity contribution in [3.8, 4) is 0 Å². The Labute approximate surface area is 195 Å². The molecular weight excluding hydrogens is 453 g/mol. The number of fused-ring (bicyclic) bond motifs is 1. The number of aliphatic carboxylic acids is 1. The number of carboxylic acid groups (broad SMARTS) is 1. The Kier molecular flexibility index (Phi) is 8.24. The summed E-state index contributed by atoms with van der Waals surface area (Å²) in [6.45, 7) is 6.57. The quantitative estimate of drug-likeness (QED) is 0.674. The van der Waals surface area contributed by atoms with Crippen LogP contribution < -0.4 is 5.32 Å². The first-order chi connectivity index (χ1) is 16.0. The molecule has 3 heterocycles. The lowest BCUT2D eigenvalue weighted by molar-refractivity contribution is -0.192. The summed E-state index contributed by atoms with van der Waals surface area (Å²) in [6, 6.07) is 1.02. The van der Waals surface area contributed by atoms with E-state index >= 15 is 0 Å². The Bertz CT molecular complexity index is 987.